The molecule has 0 heterocycles. The first-order valence-electron chi connectivity index (χ1n) is 6.60. The third-order valence-electron chi connectivity index (χ3n) is 3.19. The van der Waals surface area contributed by atoms with Gasteiger partial charge in [0.05, 0.1) is 14.2 Å². The van der Waals surface area contributed by atoms with Crippen molar-refractivity contribution in [3.63, 3.8) is 0 Å². The summed E-state index contributed by atoms with van der Waals surface area (Å²) in [5.74, 6) is -0.274. The minimum atomic E-state index is -0.821. The fourth-order valence-corrected chi connectivity index (χ4v) is 2.08. The average Bonchev–Trinajstić information content (AvgIpc) is 2.50. The molecule has 0 spiro atoms. The lowest BCUT2D eigenvalue weighted by molar-refractivity contribution is -0.686. The summed E-state index contributed by atoms with van der Waals surface area (Å²) in [6, 6.07) is 9.65. The van der Waals surface area contributed by atoms with Crippen LogP contribution in [0.3, 0.4) is 0 Å². The monoisotopic (exact) mass is 294 g/mol. The van der Waals surface area contributed by atoms with Gasteiger partial charge in [0.2, 0.25) is 0 Å². The summed E-state index contributed by atoms with van der Waals surface area (Å²) >= 11 is 0. The smallest absolute Gasteiger partial charge is 0.161 e. The van der Waals surface area contributed by atoms with Crippen LogP contribution in [-0.4, -0.2) is 14.2 Å². The number of halogens is 2. The number of hydrogen-bond donors (Lipinski definition) is 1. The lowest BCUT2D eigenvalue weighted by atomic mass is 10.2. The molecule has 112 valence electrons. The summed E-state index contributed by atoms with van der Waals surface area (Å²) in [4.78, 5) is 0. The molecule has 21 heavy (non-hydrogen) atoms. The number of benzene rings is 2. The SMILES string of the molecule is COc1ccc(C[NH2+]Cc2ccc(F)c(F)c2)cc1OC. The lowest BCUT2D eigenvalue weighted by Crippen LogP contribution is -2.80. The van der Waals surface area contributed by atoms with Crippen LogP contribution in [0.2, 0.25) is 0 Å². The molecule has 0 saturated carbocycles. The highest BCUT2D eigenvalue weighted by Crippen LogP contribution is 2.27. The molecule has 0 aromatic heterocycles. The van der Waals surface area contributed by atoms with Gasteiger partial charge < -0.3 is 14.8 Å². The minimum Gasteiger partial charge on any atom is -0.493 e. The van der Waals surface area contributed by atoms with E-state index in [1.54, 1.807) is 20.3 Å². The molecule has 0 saturated heterocycles. The summed E-state index contributed by atoms with van der Waals surface area (Å²) in [6.07, 6.45) is 0. The number of rotatable bonds is 6. The molecular weight excluding hydrogens is 276 g/mol. The summed E-state index contributed by atoms with van der Waals surface area (Å²) < 4.78 is 36.3. The molecule has 0 atom stereocenters. The van der Waals surface area contributed by atoms with Gasteiger partial charge in [0.15, 0.2) is 23.1 Å². The molecule has 5 heteroatoms. The van der Waals surface area contributed by atoms with E-state index < -0.39 is 11.6 Å². The van der Waals surface area contributed by atoms with Gasteiger partial charge in [0, 0.05) is 11.1 Å². The summed E-state index contributed by atoms with van der Waals surface area (Å²) in [5, 5.41) is 2.01. The Morgan fingerprint density at radius 2 is 1.43 bits per heavy atom. The molecule has 0 fully saturated rings. The second-order valence-electron chi connectivity index (χ2n) is 4.63. The van der Waals surface area contributed by atoms with E-state index in [0.717, 1.165) is 17.2 Å². The van der Waals surface area contributed by atoms with Gasteiger partial charge in [-0.3, -0.25) is 0 Å². The van der Waals surface area contributed by atoms with E-state index in [-0.39, 0.29) is 0 Å². The predicted octanol–water partition coefficient (Wildman–Crippen LogP) is 2.25. The third-order valence-corrected chi connectivity index (χ3v) is 3.19. The molecule has 2 N–H and O–H groups in total. The number of nitrogens with two attached hydrogens (primary N) is 1. The van der Waals surface area contributed by atoms with E-state index in [1.165, 1.54) is 6.07 Å². The van der Waals surface area contributed by atoms with Gasteiger partial charge in [-0.2, -0.15) is 0 Å². The van der Waals surface area contributed by atoms with Crippen molar-refractivity contribution in [2.45, 2.75) is 13.1 Å². The molecule has 0 radical (unpaired) electrons. The Kier molecular flexibility index (Phi) is 5.11. The first-order chi connectivity index (χ1) is 10.1. The highest BCUT2D eigenvalue weighted by Gasteiger charge is 2.07. The molecule has 0 bridgehead atoms. The van der Waals surface area contributed by atoms with E-state index in [4.69, 9.17) is 9.47 Å². The molecular formula is C16H18F2NO2+. The first kappa shape index (κ1) is 15.3. The van der Waals surface area contributed by atoms with E-state index in [9.17, 15) is 8.78 Å². The Hall–Kier alpha value is -2.14. The highest BCUT2D eigenvalue weighted by molar-refractivity contribution is 5.42. The van der Waals surface area contributed by atoms with Crippen molar-refractivity contribution >= 4 is 0 Å². The van der Waals surface area contributed by atoms with E-state index >= 15 is 0 Å². The number of quaternary nitrogens is 1. The quantitative estimate of drug-likeness (QED) is 0.887. The summed E-state index contributed by atoms with van der Waals surface area (Å²) in [6.45, 7) is 1.28. The van der Waals surface area contributed by atoms with Gasteiger partial charge in [-0.1, -0.05) is 6.07 Å². The molecule has 2 aromatic rings. The van der Waals surface area contributed by atoms with Crippen molar-refractivity contribution in [2.75, 3.05) is 14.2 Å². The highest BCUT2D eigenvalue weighted by atomic mass is 19.2. The van der Waals surface area contributed by atoms with Gasteiger partial charge in [-0.25, -0.2) is 8.78 Å². The zero-order valence-corrected chi connectivity index (χ0v) is 12.0. The number of methoxy groups -OCH3 is 2. The average molecular weight is 294 g/mol. The number of ether oxygens (including phenoxy) is 2. The maximum atomic E-state index is 13.1. The summed E-state index contributed by atoms with van der Waals surface area (Å²) in [5.41, 5.74) is 1.81. The van der Waals surface area contributed by atoms with Crippen LogP contribution in [-0.2, 0) is 13.1 Å². The van der Waals surface area contributed by atoms with Crippen LogP contribution in [0.25, 0.3) is 0 Å². The fourth-order valence-electron chi connectivity index (χ4n) is 2.08. The normalized spacial score (nSPS) is 10.5. The first-order valence-corrected chi connectivity index (χ1v) is 6.60. The van der Waals surface area contributed by atoms with Gasteiger partial charge in [0.1, 0.15) is 13.1 Å². The van der Waals surface area contributed by atoms with Crippen molar-refractivity contribution in [3.05, 3.63) is 59.2 Å². The van der Waals surface area contributed by atoms with Crippen molar-refractivity contribution in [1.82, 2.24) is 0 Å². The number of hydrogen-bond acceptors (Lipinski definition) is 2. The largest absolute Gasteiger partial charge is 0.493 e. The maximum Gasteiger partial charge on any atom is 0.161 e. The van der Waals surface area contributed by atoms with Crippen LogP contribution in [0, 0.1) is 11.6 Å². The lowest BCUT2D eigenvalue weighted by Gasteiger charge is -2.09. The Morgan fingerprint density at radius 3 is 2.05 bits per heavy atom. The Morgan fingerprint density at radius 1 is 0.810 bits per heavy atom. The third kappa shape index (κ3) is 3.92. The van der Waals surface area contributed by atoms with Crippen molar-refractivity contribution < 1.29 is 23.6 Å². The molecule has 3 nitrogen and oxygen atoms in total. The summed E-state index contributed by atoms with van der Waals surface area (Å²) in [7, 11) is 3.18. The molecule has 2 aromatic carbocycles. The van der Waals surface area contributed by atoms with E-state index in [2.05, 4.69) is 0 Å². The minimum absolute atomic E-state index is 0.575. The topological polar surface area (TPSA) is 35.1 Å². The Balaban J connectivity index is 1.95. The van der Waals surface area contributed by atoms with Crippen LogP contribution in [0.1, 0.15) is 11.1 Å². The van der Waals surface area contributed by atoms with Crippen LogP contribution in [0.5, 0.6) is 11.5 Å². The fraction of sp³-hybridized carbons (Fsp3) is 0.250. The van der Waals surface area contributed by atoms with Gasteiger partial charge >= 0.3 is 0 Å². The molecule has 0 aliphatic heterocycles. The van der Waals surface area contributed by atoms with E-state index in [0.29, 0.717) is 24.6 Å². The van der Waals surface area contributed by atoms with Gasteiger partial charge in [-0.05, 0) is 30.3 Å². The molecule has 2 rings (SSSR count). The van der Waals surface area contributed by atoms with Crippen molar-refractivity contribution in [3.8, 4) is 11.5 Å². The second kappa shape index (κ2) is 7.04. The van der Waals surface area contributed by atoms with Crippen LogP contribution < -0.4 is 14.8 Å². The molecule has 0 aliphatic carbocycles. The van der Waals surface area contributed by atoms with E-state index in [1.807, 2.05) is 23.5 Å². The van der Waals surface area contributed by atoms with Crippen LogP contribution in [0.15, 0.2) is 36.4 Å². The zero-order valence-electron chi connectivity index (χ0n) is 12.0. The van der Waals surface area contributed by atoms with Gasteiger partial charge in [-0.15, -0.1) is 0 Å². The standard InChI is InChI=1S/C16H17F2NO2/c1-20-15-6-4-12(8-16(15)21-2)10-19-9-11-3-5-13(17)14(18)7-11/h3-8,19H,9-10H2,1-2H3/p+1. The predicted molar refractivity (Wildman–Crippen MR) is 75.2 cm³/mol. The maximum absolute atomic E-state index is 13.1. The molecule has 0 amide bonds. The van der Waals surface area contributed by atoms with Crippen LogP contribution >= 0.6 is 0 Å². The molecule has 0 aliphatic rings. The van der Waals surface area contributed by atoms with Crippen LogP contribution in [0.4, 0.5) is 8.78 Å². The van der Waals surface area contributed by atoms with Crippen molar-refractivity contribution in [1.29, 1.82) is 0 Å². The van der Waals surface area contributed by atoms with Gasteiger partial charge in [0.25, 0.3) is 0 Å². The van der Waals surface area contributed by atoms with Crippen molar-refractivity contribution in [2.24, 2.45) is 0 Å². The second-order valence-corrected chi connectivity index (χ2v) is 4.63. The molecule has 0 unspecified atom stereocenters. The zero-order chi connectivity index (χ0) is 15.2. The Labute approximate surface area is 122 Å². The Bertz CT molecular complexity index is 617.